The van der Waals surface area contributed by atoms with Crippen LogP contribution in [0.25, 0.3) is 0 Å². The molecule has 202 valence electrons. The second kappa shape index (κ2) is 12.0. The summed E-state index contributed by atoms with van der Waals surface area (Å²) in [6.07, 6.45) is -1.98. The van der Waals surface area contributed by atoms with Crippen molar-refractivity contribution >= 4 is 17.8 Å². The number of amides is 1. The fourth-order valence-electron chi connectivity index (χ4n) is 3.80. The Hall–Kier alpha value is -3.75. The summed E-state index contributed by atoms with van der Waals surface area (Å²) in [5, 5.41) is 14.2. The molecule has 1 spiro atoms. The molecule has 1 amide bonds. The van der Waals surface area contributed by atoms with Crippen molar-refractivity contribution in [2.24, 2.45) is 5.41 Å². The van der Waals surface area contributed by atoms with E-state index in [1.165, 1.54) is 5.56 Å². The van der Waals surface area contributed by atoms with Crippen LogP contribution in [0.5, 0.6) is 0 Å². The minimum Gasteiger partial charge on any atom is -0.475 e. The number of likely N-dealkylation sites (tertiary alicyclic amines) is 2. The summed E-state index contributed by atoms with van der Waals surface area (Å²) < 4.78 is 63.5. The normalized spacial score (nSPS) is 16.5. The SMILES string of the molecule is O=C(O)C(F)(F)F.O=C(O)C(F)(F)F.O=C(c1cccnc1)N1CCC2(CN(Cc3cccnc3)C2)C1. The van der Waals surface area contributed by atoms with Gasteiger partial charge in [-0.3, -0.25) is 19.7 Å². The van der Waals surface area contributed by atoms with Gasteiger partial charge in [0.1, 0.15) is 0 Å². The maximum absolute atomic E-state index is 12.5. The number of halogens is 6. The monoisotopic (exact) mass is 536 g/mol. The lowest BCUT2D eigenvalue weighted by Gasteiger charge is -2.48. The number of carboxylic acids is 2. The third kappa shape index (κ3) is 9.00. The van der Waals surface area contributed by atoms with Crippen LogP contribution in [0.4, 0.5) is 26.3 Å². The summed E-state index contributed by atoms with van der Waals surface area (Å²) in [5.41, 5.74) is 2.24. The molecule has 4 rings (SSSR count). The quantitative estimate of drug-likeness (QED) is 0.574. The van der Waals surface area contributed by atoms with Crippen molar-refractivity contribution in [3.63, 3.8) is 0 Å². The molecule has 37 heavy (non-hydrogen) atoms. The molecule has 2 fully saturated rings. The van der Waals surface area contributed by atoms with Crippen LogP contribution in [0.2, 0.25) is 0 Å². The molecule has 0 bridgehead atoms. The van der Waals surface area contributed by atoms with E-state index < -0.39 is 24.3 Å². The van der Waals surface area contributed by atoms with Gasteiger partial charge in [-0.1, -0.05) is 6.07 Å². The van der Waals surface area contributed by atoms with Gasteiger partial charge in [-0.15, -0.1) is 0 Å². The molecule has 0 saturated carbocycles. The van der Waals surface area contributed by atoms with Crippen molar-refractivity contribution in [1.82, 2.24) is 19.8 Å². The summed E-state index contributed by atoms with van der Waals surface area (Å²) in [5.74, 6) is -5.40. The van der Waals surface area contributed by atoms with Gasteiger partial charge in [-0.25, -0.2) is 9.59 Å². The molecule has 9 nitrogen and oxygen atoms in total. The number of hydrogen-bond acceptors (Lipinski definition) is 6. The Kier molecular flexibility index (Phi) is 9.55. The molecule has 2 aromatic rings. The van der Waals surface area contributed by atoms with Crippen LogP contribution in [0, 0.1) is 5.41 Å². The standard InChI is InChI=1S/C18H20N4O.2C2HF3O2/c23-17(16-4-2-7-20-10-16)22-8-5-18(14-22)12-21(13-18)11-15-3-1-6-19-9-15;2*3-2(4,5)1(6)7/h1-4,6-7,9-10H,5,8,11-14H2;2*(H,6,7). The van der Waals surface area contributed by atoms with E-state index in [9.17, 15) is 31.1 Å². The van der Waals surface area contributed by atoms with E-state index in [-0.39, 0.29) is 5.91 Å². The number of carbonyl (C=O) groups excluding carboxylic acids is 1. The zero-order valence-corrected chi connectivity index (χ0v) is 19.0. The predicted octanol–water partition coefficient (Wildman–Crippen LogP) is 3.09. The van der Waals surface area contributed by atoms with Crippen molar-refractivity contribution in [3.05, 3.63) is 60.2 Å². The van der Waals surface area contributed by atoms with Crippen LogP contribution in [-0.4, -0.2) is 86.4 Å². The lowest BCUT2D eigenvalue weighted by Crippen LogP contribution is -2.57. The van der Waals surface area contributed by atoms with Gasteiger partial charge in [0.2, 0.25) is 0 Å². The molecule has 0 unspecified atom stereocenters. The van der Waals surface area contributed by atoms with E-state index in [1.807, 2.05) is 29.3 Å². The van der Waals surface area contributed by atoms with E-state index >= 15 is 0 Å². The fraction of sp³-hybridized carbons (Fsp3) is 0.409. The van der Waals surface area contributed by atoms with Crippen LogP contribution >= 0.6 is 0 Å². The molecule has 2 N–H and O–H groups in total. The number of hydrogen-bond donors (Lipinski definition) is 2. The molecule has 2 aliphatic rings. The number of aromatic nitrogens is 2. The highest BCUT2D eigenvalue weighted by molar-refractivity contribution is 5.94. The van der Waals surface area contributed by atoms with Gasteiger partial charge >= 0.3 is 24.3 Å². The molecule has 2 aromatic heterocycles. The average Bonchev–Trinajstić information content (AvgIpc) is 3.25. The van der Waals surface area contributed by atoms with Gasteiger partial charge in [0, 0.05) is 62.9 Å². The Labute approximate surface area is 206 Å². The van der Waals surface area contributed by atoms with Crippen molar-refractivity contribution < 1.29 is 50.9 Å². The Morgan fingerprint density at radius 2 is 1.38 bits per heavy atom. The van der Waals surface area contributed by atoms with Gasteiger partial charge in [-0.05, 0) is 30.2 Å². The third-order valence-corrected chi connectivity index (χ3v) is 5.37. The van der Waals surface area contributed by atoms with Gasteiger partial charge in [-0.2, -0.15) is 26.3 Å². The number of pyridine rings is 2. The van der Waals surface area contributed by atoms with Gasteiger partial charge in [0.05, 0.1) is 5.56 Å². The average molecular weight is 536 g/mol. The first kappa shape index (κ1) is 29.5. The predicted molar refractivity (Wildman–Crippen MR) is 114 cm³/mol. The molecule has 2 saturated heterocycles. The van der Waals surface area contributed by atoms with Crippen molar-refractivity contribution in [1.29, 1.82) is 0 Å². The number of carbonyl (C=O) groups is 3. The van der Waals surface area contributed by atoms with Crippen LogP contribution in [0.3, 0.4) is 0 Å². The highest BCUT2D eigenvalue weighted by Crippen LogP contribution is 2.40. The number of aliphatic carboxylic acids is 2. The van der Waals surface area contributed by atoms with Crippen LogP contribution in [0.15, 0.2) is 49.1 Å². The third-order valence-electron chi connectivity index (χ3n) is 5.37. The summed E-state index contributed by atoms with van der Waals surface area (Å²) in [7, 11) is 0. The maximum Gasteiger partial charge on any atom is 0.490 e. The number of rotatable bonds is 3. The number of carboxylic acid groups (broad SMARTS) is 2. The smallest absolute Gasteiger partial charge is 0.475 e. The zero-order valence-electron chi connectivity index (χ0n) is 19.0. The zero-order chi connectivity index (χ0) is 27.9. The van der Waals surface area contributed by atoms with Crippen molar-refractivity contribution in [3.8, 4) is 0 Å². The summed E-state index contributed by atoms with van der Waals surface area (Å²) in [6, 6.07) is 7.76. The Morgan fingerprint density at radius 3 is 1.81 bits per heavy atom. The van der Waals surface area contributed by atoms with E-state index in [4.69, 9.17) is 19.8 Å². The summed E-state index contributed by atoms with van der Waals surface area (Å²) in [4.78, 5) is 42.9. The first-order valence-electron chi connectivity index (χ1n) is 10.5. The highest BCUT2D eigenvalue weighted by atomic mass is 19.4. The highest BCUT2D eigenvalue weighted by Gasteiger charge is 2.48. The number of nitrogens with zero attached hydrogens (tertiary/aromatic N) is 4. The Balaban J connectivity index is 0.000000286. The lowest BCUT2D eigenvalue weighted by molar-refractivity contribution is -0.193. The van der Waals surface area contributed by atoms with Gasteiger partial charge < -0.3 is 15.1 Å². The molecule has 4 heterocycles. The largest absolute Gasteiger partial charge is 0.490 e. The fourth-order valence-corrected chi connectivity index (χ4v) is 3.80. The molecular formula is C22H22F6N4O5. The van der Waals surface area contributed by atoms with E-state index in [2.05, 4.69) is 20.9 Å². The van der Waals surface area contributed by atoms with E-state index in [0.29, 0.717) is 11.0 Å². The molecular weight excluding hydrogens is 514 g/mol. The second-order valence-electron chi connectivity index (χ2n) is 8.33. The van der Waals surface area contributed by atoms with E-state index in [1.54, 1.807) is 18.6 Å². The molecule has 2 aliphatic heterocycles. The maximum atomic E-state index is 12.5. The molecule has 0 atom stereocenters. The summed E-state index contributed by atoms with van der Waals surface area (Å²) >= 11 is 0. The molecule has 0 radical (unpaired) electrons. The molecule has 0 aliphatic carbocycles. The Morgan fingerprint density at radius 1 is 0.865 bits per heavy atom. The van der Waals surface area contributed by atoms with Crippen molar-refractivity contribution in [2.75, 3.05) is 26.2 Å². The summed E-state index contributed by atoms with van der Waals surface area (Å²) in [6.45, 7) is 4.81. The second-order valence-corrected chi connectivity index (χ2v) is 8.33. The van der Waals surface area contributed by atoms with E-state index in [0.717, 1.165) is 39.1 Å². The van der Waals surface area contributed by atoms with Crippen molar-refractivity contribution in [2.45, 2.75) is 25.3 Å². The van der Waals surface area contributed by atoms with Gasteiger partial charge in [0.15, 0.2) is 0 Å². The Bertz CT molecular complexity index is 1040. The van der Waals surface area contributed by atoms with Crippen LogP contribution in [0.1, 0.15) is 22.3 Å². The molecule has 15 heteroatoms. The minimum absolute atomic E-state index is 0.112. The lowest BCUT2D eigenvalue weighted by atomic mass is 9.79. The number of alkyl halides is 6. The minimum atomic E-state index is -5.08. The first-order chi connectivity index (χ1) is 17.1. The van der Waals surface area contributed by atoms with Crippen LogP contribution in [-0.2, 0) is 16.1 Å². The first-order valence-corrected chi connectivity index (χ1v) is 10.5. The topological polar surface area (TPSA) is 124 Å². The van der Waals surface area contributed by atoms with Gasteiger partial charge in [0.25, 0.3) is 5.91 Å². The van der Waals surface area contributed by atoms with Crippen LogP contribution < -0.4 is 0 Å². The molecule has 0 aromatic carbocycles.